The molecular formula is C19H13ClO. The molecule has 0 aliphatic carbocycles. The summed E-state index contributed by atoms with van der Waals surface area (Å²) in [5, 5.41) is 2.83. The Morgan fingerprint density at radius 3 is 2.38 bits per heavy atom. The van der Waals surface area contributed by atoms with Crippen LogP contribution in [-0.2, 0) is 0 Å². The van der Waals surface area contributed by atoms with Crippen molar-refractivity contribution in [3.05, 3.63) is 89.0 Å². The highest BCUT2D eigenvalue weighted by Gasteiger charge is 2.03. The number of hydrogen-bond acceptors (Lipinski definition) is 1. The van der Waals surface area contributed by atoms with Crippen LogP contribution in [0.3, 0.4) is 0 Å². The molecule has 3 rings (SSSR count). The normalized spacial score (nSPS) is 11.1. The number of halogens is 1. The van der Waals surface area contributed by atoms with Crippen molar-refractivity contribution in [2.75, 3.05) is 0 Å². The molecule has 0 saturated heterocycles. The fraction of sp³-hybridized carbons (Fsp3) is 0. The molecule has 0 unspecified atom stereocenters. The largest absolute Gasteiger partial charge is 0.289 e. The lowest BCUT2D eigenvalue weighted by atomic mass is 10.0. The molecule has 0 aliphatic rings. The van der Waals surface area contributed by atoms with E-state index in [-0.39, 0.29) is 5.78 Å². The van der Waals surface area contributed by atoms with Gasteiger partial charge in [-0.2, -0.15) is 0 Å². The first-order valence-electron chi connectivity index (χ1n) is 6.70. The summed E-state index contributed by atoms with van der Waals surface area (Å²) in [7, 11) is 0. The maximum absolute atomic E-state index is 12.2. The summed E-state index contributed by atoms with van der Waals surface area (Å²) in [6, 6.07) is 21.2. The van der Waals surface area contributed by atoms with Gasteiger partial charge in [-0.25, -0.2) is 0 Å². The molecule has 0 fully saturated rings. The minimum absolute atomic E-state index is 0.0272. The third-order valence-electron chi connectivity index (χ3n) is 3.35. The standard InChI is InChI=1S/C19H13ClO/c20-18-8-4-3-6-15(18)11-12-19(21)17-10-9-14-5-1-2-7-16(14)13-17/h1-13H/b12-11+. The molecule has 0 radical (unpaired) electrons. The summed E-state index contributed by atoms with van der Waals surface area (Å²) < 4.78 is 0. The molecule has 0 amide bonds. The summed E-state index contributed by atoms with van der Waals surface area (Å²) >= 11 is 6.07. The van der Waals surface area contributed by atoms with Gasteiger partial charge < -0.3 is 0 Å². The fourth-order valence-electron chi connectivity index (χ4n) is 2.21. The van der Waals surface area contributed by atoms with Gasteiger partial charge >= 0.3 is 0 Å². The first-order valence-corrected chi connectivity index (χ1v) is 7.07. The second-order valence-electron chi connectivity index (χ2n) is 4.78. The molecule has 3 aromatic rings. The van der Waals surface area contributed by atoms with Gasteiger partial charge in [-0.15, -0.1) is 0 Å². The van der Waals surface area contributed by atoms with Gasteiger partial charge in [0.05, 0.1) is 0 Å². The molecule has 0 saturated carbocycles. The smallest absolute Gasteiger partial charge is 0.185 e. The van der Waals surface area contributed by atoms with Crippen molar-refractivity contribution in [3.63, 3.8) is 0 Å². The number of ketones is 1. The van der Waals surface area contributed by atoms with Crippen LogP contribution in [0.5, 0.6) is 0 Å². The molecule has 3 aromatic carbocycles. The summed E-state index contributed by atoms with van der Waals surface area (Å²) in [6.45, 7) is 0. The van der Waals surface area contributed by atoms with E-state index in [2.05, 4.69) is 0 Å². The van der Waals surface area contributed by atoms with Crippen LogP contribution in [0.15, 0.2) is 72.8 Å². The van der Waals surface area contributed by atoms with Gasteiger partial charge in [0.1, 0.15) is 0 Å². The van der Waals surface area contributed by atoms with E-state index >= 15 is 0 Å². The lowest BCUT2D eigenvalue weighted by molar-refractivity contribution is 0.104. The maximum atomic E-state index is 12.2. The van der Waals surface area contributed by atoms with Crippen molar-refractivity contribution in [1.29, 1.82) is 0 Å². The van der Waals surface area contributed by atoms with Gasteiger partial charge in [0.2, 0.25) is 0 Å². The highest BCUT2D eigenvalue weighted by Crippen LogP contribution is 2.18. The molecule has 0 aromatic heterocycles. The molecule has 21 heavy (non-hydrogen) atoms. The minimum atomic E-state index is -0.0272. The maximum Gasteiger partial charge on any atom is 0.185 e. The Labute approximate surface area is 128 Å². The Morgan fingerprint density at radius 2 is 1.57 bits per heavy atom. The van der Waals surface area contributed by atoms with Crippen LogP contribution < -0.4 is 0 Å². The number of rotatable bonds is 3. The Hall–Kier alpha value is -2.38. The molecule has 0 atom stereocenters. The second kappa shape index (κ2) is 5.94. The van der Waals surface area contributed by atoms with E-state index in [9.17, 15) is 4.79 Å². The molecule has 0 aliphatic heterocycles. The van der Waals surface area contributed by atoms with E-state index in [0.29, 0.717) is 10.6 Å². The van der Waals surface area contributed by atoms with Gasteiger partial charge in [-0.1, -0.05) is 66.2 Å². The fourth-order valence-corrected chi connectivity index (χ4v) is 2.41. The van der Waals surface area contributed by atoms with E-state index in [1.165, 1.54) is 0 Å². The van der Waals surface area contributed by atoms with Gasteiger partial charge in [-0.3, -0.25) is 4.79 Å². The van der Waals surface area contributed by atoms with E-state index in [0.717, 1.165) is 16.3 Å². The first kappa shape index (κ1) is 13.6. The Morgan fingerprint density at radius 1 is 0.857 bits per heavy atom. The number of fused-ring (bicyclic) bond motifs is 1. The molecule has 0 spiro atoms. The quantitative estimate of drug-likeness (QED) is 0.467. The zero-order valence-electron chi connectivity index (χ0n) is 11.3. The monoisotopic (exact) mass is 292 g/mol. The van der Waals surface area contributed by atoms with E-state index in [1.807, 2.05) is 66.7 Å². The second-order valence-corrected chi connectivity index (χ2v) is 5.19. The minimum Gasteiger partial charge on any atom is -0.289 e. The predicted molar refractivity (Wildman–Crippen MR) is 88.8 cm³/mol. The average Bonchev–Trinajstić information content (AvgIpc) is 2.53. The number of carbonyl (C=O) groups is 1. The van der Waals surface area contributed by atoms with Crippen LogP contribution >= 0.6 is 11.6 Å². The third-order valence-corrected chi connectivity index (χ3v) is 3.70. The SMILES string of the molecule is O=C(/C=C/c1ccccc1Cl)c1ccc2ccccc2c1. The van der Waals surface area contributed by atoms with Gasteiger partial charge in [-0.05, 0) is 40.6 Å². The zero-order chi connectivity index (χ0) is 14.7. The van der Waals surface area contributed by atoms with Crippen LogP contribution in [0.4, 0.5) is 0 Å². The van der Waals surface area contributed by atoms with E-state index in [4.69, 9.17) is 11.6 Å². The predicted octanol–water partition coefficient (Wildman–Crippen LogP) is 5.39. The van der Waals surface area contributed by atoms with Crippen molar-refractivity contribution in [2.45, 2.75) is 0 Å². The van der Waals surface area contributed by atoms with Crippen molar-refractivity contribution < 1.29 is 4.79 Å². The summed E-state index contributed by atoms with van der Waals surface area (Å²) in [5.41, 5.74) is 1.52. The lowest BCUT2D eigenvalue weighted by Crippen LogP contribution is -1.93. The third kappa shape index (κ3) is 3.04. The highest BCUT2D eigenvalue weighted by atomic mass is 35.5. The Kier molecular flexibility index (Phi) is 3.85. The van der Waals surface area contributed by atoms with Crippen molar-refractivity contribution >= 4 is 34.2 Å². The van der Waals surface area contributed by atoms with Crippen LogP contribution in [0.2, 0.25) is 5.02 Å². The first-order chi connectivity index (χ1) is 10.2. The van der Waals surface area contributed by atoms with Crippen LogP contribution in [0.1, 0.15) is 15.9 Å². The van der Waals surface area contributed by atoms with Crippen molar-refractivity contribution in [2.24, 2.45) is 0 Å². The topological polar surface area (TPSA) is 17.1 Å². The molecule has 0 N–H and O–H groups in total. The van der Waals surface area contributed by atoms with Crippen LogP contribution in [0.25, 0.3) is 16.8 Å². The molecular weight excluding hydrogens is 280 g/mol. The summed E-state index contributed by atoms with van der Waals surface area (Å²) in [6.07, 6.45) is 3.31. The lowest BCUT2D eigenvalue weighted by Gasteiger charge is -2.01. The van der Waals surface area contributed by atoms with Gasteiger partial charge in [0.25, 0.3) is 0 Å². The van der Waals surface area contributed by atoms with Gasteiger partial charge in [0.15, 0.2) is 5.78 Å². The summed E-state index contributed by atoms with van der Waals surface area (Å²) in [4.78, 5) is 12.2. The number of benzene rings is 3. The van der Waals surface area contributed by atoms with Gasteiger partial charge in [0, 0.05) is 10.6 Å². The molecule has 102 valence electrons. The molecule has 2 heteroatoms. The molecule has 0 heterocycles. The highest BCUT2D eigenvalue weighted by molar-refractivity contribution is 6.32. The number of allylic oxidation sites excluding steroid dienone is 1. The number of carbonyl (C=O) groups excluding carboxylic acids is 1. The zero-order valence-corrected chi connectivity index (χ0v) is 12.0. The number of hydrogen-bond donors (Lipinski definition) is 0. The Bertz CT molecular complexity index is 834. The molecule has 0 bridgehead atoms. The average molecular weight is 293 g/mol. The summed E-state index contributed by atoms with van der Waals surface area (Å²) in [5.74, 6) is -0.0272. The van der Waals surface area contributed by atoms with E-state index in [1.54, 1.807) is 12.2 Å². The Balaban J connectivity index is 1.89. The molecule has 1 nitrogen and oxygen atoms in total. The van der Waals surface area contributed by atoms with Crippen LogP contribution in [-0.4, -0.2) is 5.78 Å². The van der Waals surface area contributed by atoms with Crippen LogP contribution in [0, 0.1) is 0 Å². The van der Waals surface area contributed by atoms with Crippen molar-refractivity contribution in [1.82, 2.24) is 0 Å². The van der Waals surface area contributed by atoms with E-state index < -0.39 is 0 Å². The van der Waals surface area contributed by atoms with Crippen molar-refractivity contribution in [3.8, 4) is 0 Å².